The van der Waals surface area contributed by atoms with Crippen molar-refractivity contribution < 1.29 is 23.5 Å². The van der Waals surface area contributed by atoms with E-state index >= 15 is 0 Å². The summed E-state index contributed by atoms with van der Waals surface area (Å²) >= 11 is 6.18. The number of hydrogen-bond acceptors (Lipinski definition) is 5. The summed E-state index contributed by atoms with van der Waals surface area (Å²) in [5.74, 6) is 0.464. The molecule has 0 aliphatic carbocycles. The summed E-state index contributed by atoms with van der Waals surface area (Å²) in [6, 6.07) is 22.3. The number of rotatable bonds is 8. The molecule has 2 amide bonds. The smallest absolute Gasteiger partial charge is 0.291 e. The van der Waals surface area contributed by atoms with E-state index < -0.39 is 0 Å². The standard InChI is InChI=1S/C26H21ClN2O5/c1-32-24-15-17(8-13-22(24)34-16-18-5-2-3-6-21(18)27)25(30)28-19-9-11-20(12-10-19)29-26(31)23-7-4-14-33-23/h2-15H,16H2,1H3,(H,28,30)(H,29,31). The number of hydrogen-bond donors (Lipinski definition) is 2. The minimum absolute atomic E-state index is 0.214. The molecule has 7 nitrogen and oxygen atoms in total. The van der Waals surface area contributed by atoms with Gasteiger partial charge >= 0.3 is 0 Å². The lowest BCUT2D eigenvalue weighted by Gasteiger charge is -2.13. The van der Waals surface area contributed by atoms with Crippen molar-refractivity contribution in [1.82, 2.24) is 0 Å². The van der Waals surface area contributed by atoms with Crippen LogP contribution in [0.1, 0.15) is 26.5 Å². The Hall–Kier alpha value is -4.23. The molecule has 8 heteroatoms. The molecule has 0 unspecified atom stereocenters. The molecule has 1 aromatic heterocycles. The first-order valence-electron chi connectivity index (χ1n) is 10.3. The number of nitrogens with one attached hydrogen (secondary N) is 2. The Morgan fingerprint density at radius 2 is 1.56 bits per heavy atom. The normalized spacial score (nSPS) is 10.4. The maximum Gasteiger partial charge on any atom is 0.291 e. The lowest BCUT2D eigenvalue weighted by Crippen LogP contribution is -2.13. The third-order valence-electron chi connectivity index (χ3n) is 4.91. The summed E-state index contributed by atoms with van der Waals surface area (Å²) in [6.07, 6.45) is 1.43. The predicted molar refractivity (Wildman–Crippen MR) is 130 cm³/mol. The third kappa shape index (κ3) is 5.57. The molecule has 0 radical (unpaired) electrons. The van der Waals surface area contributed by atoms with E-state index in [4.69, 9.17) is 25.5 Å². The summed E-state index contributed by atoms with van der Waals surface area (Å²) < 4.78 is 16.3. The monoisotopic (exact) mass is 476 g/mol. The topological polar surface area (TPSA) is 89.8 Å². The van der Waals surface area contributed by atoms with Crippen molar-refractivity contribution in [3.63, 3.8) is 0 Å². The highest BCUT2D eigenvalue weighted by molar-refractivity contribution is 6.31. The van der Waals surface area contributed by atoms with E-state index in [9.17, 15) is 9.59 Å². The number of halogens is 1. The van der Waals surface area contributed by atoms with E-state index in [0.29, 0.717) is 33.5 Å². The number of amides is 2. The summed E-state index contributed by atoms with van der Waals surface area (Å²) in [5, 5.41) is 6.15. The Morgan fingerprint density at radius 3 is 2.21 bits per heavy atom. The Balaban J connectivity index is 1.38. The second-order valence-electron chi connectivity index (χ2n) is 7.21. The van der Waals surface area contributed by atoms with Gasteiger partial charge < -0.3 is 24.5 Å². The molecule has 0 spiro atoms. The number of benzene rings is 3. The molecule has 34 heavy (non-hydrogen) atoms. The molecule has 3 aromatic carbocycles. The van der Waals surface area contributed by atoms with Crippen molar-refractivity contribution in [2.24, 2.45) is 0 Å². The molecule has 0 aliphatic heterocycles. The van der Waals surface area contributed by atoms with Gasteiger partial charge in [0, 0.05) is 27.5 Å². The lowest BCUT2D eigenvalue weighted by molar-refractivity contribution is 0.0994. The maximum atomic E-state index is 12.7. The third-order valence-corrected chi connectivity index (χ3v) is 5.28. The average molecular weight is 477 g/mol. The van der Waals surface area contributed by atoms with Gasteiger partial charge in [-0.25, -0.2) is 0 Å². The molecular formula is C26H21ClN2O5. The maximum absolute atomic E-state index is 12.7. The van der Waals surface area contributed by atoms with Crippen LogP contribution in [0.2, 0.25) is 5.02 Å². The van der Waals surface area contributed by atoms with Gasteiger partial charge in [-0.2, -0.15) is 0 Å². The van der Waals surface area contributed by atoms with E-state index in [1.807, 2.05) is 18.2 Å². The van der Waals surface area contributed by atoms with E-state index in [2.05, 4.69) is 10.6 Å². The molecule has 1 heterocycles. The second kappa shape index (κ2) is 10.6. The Bertz CT molecular complexity index is 1290. The molecule has 4 rings (SSSR count). The molecule has 0 saturated carbocycles. The molecule has 0 bridgehead atoms. The van der Waals surface area contributed by atoms with Gasteiger partial charge in [-0.3, -0.25) is 9.59 Å². The molecule has 4 aromatic rings. The van der Waals surface area contributed by atoms with Crippen LogP contribution in [-0.4, -0.2) is 18.9 Å². The zero-order chi connectivity index (χ0) is 23.9. The van der Waals surface area contributed by atoms with Gasteiger partial charge in [-0.05, 0) is 60.7 Å². The van der Waals surface area contributed by atoms with Crippen molar-refractivity contribution in [3.05, 3.63) is 107 Å². The van der Waals surface area contributed by atoms with Crippen molar-refractivity contribution in [2.45, 2.75) is 6.61 Å². The molecule has 0 fully saturated rings. The fourth-order valence-electron chi connectivity index (χ4n) is 3.14. The zero-order valence-electron chi connectivity index (χ0n) is 18.2. The zero-order valence-corrected chi connectivity index (χ0v) is 19.0. The summed E-state index contributed by atoms with van der Waals surface area (Å²) in [7, 11) is 1.51. The molecule has 0 saturated heterocycles. The first-order valence-corrected chi connectivity index (χ1v) is 10.7. The largest absolute Gasteiger partial charge is 0.493 e. The van der Waals surface area contributed by atoms with Crippen LogP contribution in [0, 0.1) is 0 Å². The number of ether oxygens (including phenoxy) is 2. The minimum atomic E-state index is -0.356. The first kappa shape index (κ1) is 22.9. The van der Waals surface area contributed by atoms with E-state index in [1.54, 1.807) is 60.7 Å². The highest BCUT2D eigenvalue weighted by Gasteiger charge is 2.13. The van der Waals surface area contributed by atoms with Crippen LogP contribution in [0.5, 0.6) is 11.5 Å². The number of carbonyl (C=O) groups excluding carboxylic acids is 2. The van der Waals surface area contributed by atoms with Gasteiger partial charge in [0.1, 0.15) is 6.61 Å². The SMILES string of the molecule is COc1cc(C(=O)Nc2ccc(NC(=O)c3ccco3)cc2)ccc1OCc1ccccc1Cl. The van der Waals surface area contributed by atoms with Crippen LogP contribution in [0.25, 0.3) is 0 Å². The Morgan fingerprint density at radius 1 is 0.853 bits per heavy atom. The van der Waals surface area contributed by atoms with Crippen molar-refractivity contribution in [1.29, 1.82) is 0 Å². The molecule has 0 aliphatic rings. The van der Waals surface area contributed by atoms with E-state index in [-0.39, 0.29) is 24.2 Å². The summed E-state index contributed by atoms with van der Waals surface area (Å²) in [5.41, 5.74) is 2.38. The predicted octanol–water partition coefficient (Wildman–Crippen LogP) is 6.03. The van der Waals surface area contributed by atoms with Crippen molar-refractivity contribution in [3.8, 4) is 11.5 Å². The van der Waals surface area contributed by atoms with Crippen LogP contribution in [0.15, 0.2) is 89.5 Å². The fourth-order valence-corrected chi connectivity index (χ4v) is 3.33. The molecule has 2 N–H and O–H groups in total. The average Bonchev–Trinajstić information content (AvgIpc) is 3.40. The summed E-state index contributed by atoms with van der Waals surface area (Å²) in [4.78, 5) is 24.8. The molecular weight excluding hydrogens is 456 g/mol. The molecule has 172 valence electrons. The van der Waals surface area contributed by atoms with Gasteiger partial charge in [0.25, 0.3) is 11.8 Å². The van der Waals surface area contributed by atoms with Crippen LogP contribution in [-0.2, 0) is 6.61 Å². The van der Waals surface area contributed by atoms with Crippen molar-refractivity contribution >= 4 is 34.8 Å². The highest BCUT2D eigenvalue weighted by atomic mass is 35.5. The van der Waals surface area contributed by atoms with Crippen LogP contribution in [0.4, 0.5) is 11.4 Å². The van der Waals surface area contributed by atoms with E-state index in [1.165, 1.54) is 13.4 Å². The van der Waals surface area contributed by atoms with Crippen molar-refractivity contribution in [2.75, 3.05) is 17.7 Å². The van der Waals surface area contributed by atoms with Crippen LogP contribution < -0.4 is 20.1 Å². The highest BCUT2D eigenvalue weighted by Crippen LogP contribution is 2.30. The van der Waals surface area contributed by atoms with Gasteiger partial charge in [0.05, 0.1) is 13.4 Å². The first-order chi connectivity index (χ1) is 16.5. The van der Waals surface area contributed by atoms with Crippen LogP contribution >= 0.6 is 11.6 Å². The number of methoxy groups -OCH3 is 1. The van der Waals surface area contributed by atoms with Gasteiger partial charge in [-0.15, -0.1) is 0 Å². The minimum Gasteiger partial charge on any atom is -0.493 e. The number of furan rings is 1. The lowest BCUT2D eigenvalue weighted by atomic mass is 10.1. The molecule has 0 atom stereocenters. The van der Waals surface area contributed by atoms with Gasteiger partial charge in [0.2, 0.25) is 0 Å². The number of carbonyl (C=O) groups is 2. The van der Waals surface area contributed by atoms with Gasteiger partial charge in [-0.1, -0.05) is 29.8 Å². The Labute approximate surface area is 201 Å². The number of anilines is 2. The van der Waals surface area contributed by atoms with Gasteiger partial charge in [0.15, 0.2) is 17.3 Å². The van der Waals surface area contributed by atoms with E-state index in [0.717, 1.165) is 5.56 Å². The fraction of sp³-hybridized carbons (Fsp3) is 0.0769. The Kier molecular flexibility index (Phi) is 7.15. The second-order valence-corrected chi connectivity index (χ2v) is 7.62. The summed E-state index contributed by atoms with van der Waals surface area (Å²) in [6.45, 7) is 0.268. The quantitative estimate of drug-likeness (QED) is 0.324. The van der Waals surface area contributed by atoms with Crippen LogP contribution in [0.3, 0.4) is 0 Å².